The summed E-state index contributed by atoms with van der Waals surface area (Å²) in [6.45, 7) is 6.03. The molecule has 1 N–H and O–H groups in total. The van der Waals surface area contributed by atoms with Crippen LogP contribution in [-0.2, 0) is 24.6 Å². The number of carbonyl (C=O) groups is 2. The summed E-state index contributed by atoms with van der Waals surface area (Å²) >= 11 is 1.30. The van der Waals surface area contributed by atoms with Crippen molar-refractivity contribution in [2.45, 2.75) is 37.4 Å². The Hall–Kier alpha value is -2.32. The fourth-order valence-corrected chi connectivity index (χ4v) is 6.68. The van der Waals surface area contributed by atoms with E-state index >= 15 is 0 Å². The van der Waals surface area contributed by atoms with Gasteiger partial charge in [-0.2, -0.15) is 0 Å². The first-order chi connectivity index (χ1) is 15.8. The minimum atomic E-state index is -3.21. The lowest BCUT2D eigenvalue weighted by Crippen LogP contribution is -2.29. The number of ether oxygens (including phenoxy) is 2. The van der Waals surface area contributed by atoms with Crippen LogP contribution in [0.5, 0.6) is 11.5 Å². The molecule has 4 rings (SSSR count). The van der Waals surface area contributed by atoms with E-state index in [1.165, 1.54) is 11.8 Å². The molecule has 0 radical (unpaired) electrons. The number of nitrogens with one attached hydrogen (secondary N) is 1. The molecule has 0 spiro atoms. The van der Waals surface area contributed by atoms with Gasteiger partial charge in [-0.1, -0.05) is 12.1 Å². The number of carbonyl (C=O) groups excluding carboxylic acids is 2. The molecule has 176 valence electrons. The van der Waals surface area contributed by atoms with Crippen molar-refractivity contribution in [3.8, 4) is 11.5 Å². The monoisotopic (exact) mass is 491 g/mol. The summed E-state index contributed by atoms with van der Waals surface area (Å²) in [7, 11) is -3.21. The first kappa shape index (κ1) is 23.8. The van der Waals surface area contributed by atoms with Crippen LogP contribution >= 0.6 is 19.4 Å². The van der Waals surface area contributed by atoms with Crippen LogP contribution in [-0.4, -0.2) is 36.9 Å². The molecule has 0 saturated carbocycles. The lowest BCUT2D eigenvalue weighted by atomic mass is 9.97. The topological polar surface area (TPSA) is 100 Å². The maximum Gasteiger partial charge on any atom is 0.335 e. The van der Waals surface area contributed by atoms with Gasteiger partial charge in [-0.05, 0) is 56.2 Å². The fourth-order valence-electron chi connectivity index (χ4n) is 3.80. The third-order valence-electron chi connectivity index (χ3n) is 5.29. The van der Waals surface area contributed by atoms with Crippen LogP contribution in [0, 0.1) is 0 Å². The molecule has 0 bridgehead atoms. The Morgan fingerprint density at radius 2 is 1.76 bits per heavy atom. The van der Waals surface area contributed by atoms with Crippen LogP contribution in [0.4, 0.5) is 5.69 Å². The molecule has 2 aromatic carbocycles. The molecule has 2 heterocycles. The van der Waals surface area contributed by atoms with E-state index in [1.807, 2.05) is 0 Å². The van der Waals surface area contributed by atoms with Crippen LogP contribution in [0.25, 0.3) is 0 Å². The summed E-state index contributed by atoms with van der Waals surface area (Å²) in [4.78, 5) is 25.9. The van der Waals surface area contributed by atoms with E-state index in [2.05, 4.69) is 5.32 Å². The molecule has 10 heteroatoms. The normalized spacial score (nSPS) is 19.3. The number of benzene rings is 2. The zero-order valence-corrected chi connectivity index (χ0v) is 20.4. The largest absolute Gasteiger partial charge is 0.454 e. The second kappa shape index (κ2) is 9.89. The maximum atomic E-state index is 13.2. The van der Waals surface area contributed by atoms with Gasteiger partial charge in [-0.15, -0.1) is 11.8 Å². The molecule has 2 aromatic rings. The number of fused-ring (bicyclic) bond motifs is 2. The molecule has 0 unspecified atom stereocenters. The van der Waals surface area contributed by atoms with E-state index in [4.69, 9.17) is 18.5 Å². The first-order valence-electron chi connectivity index (χ1n) is 10.7. The van der Waals surface area contributed by atoms with Crippen molar-refractivity contribution in [1.82, 2.24) is 0 Å². The molecule has 2 aliphatic rings. The summed E-state index contributed by atoms with van der Waals surface area (Å²) < 4.78 is 34.3. The number of amides is 1. The summed E-state index contributed by atoms with van der Waals surface area (Å²) in [5, 5.41) is 1.99. The smallest absolute Gasteiger partial charge is 0.335 e. The van der Waals surface area contributed by atoms with Gasteiger partial charge in [0, 0.05) is 11.3 Å². The van der Waals surface area contributed by atoms with Gasteiger partial charge in [0.05, 0.1) is 24.6 Å². The second-order valence-corrected chi connectivity index (χ2v) is 11.1. The zero-order chi connectivity index (χ0) is 23.6. The Bertz CT molecular complexity index is 1090. The maximum absolute atomic E-state index is 13.2. The van der Waals surface area contributed by atoms with Gasteiger partial charge >= 0.3 is 7.60 Å². The molecule has 8 nitrogen and oxygen atoms in total. The number of ketones is 1. The molecule has 2 atom stereocenters. The Morgan fingerprint density at radius 3 is 2.39 bits per heavy atom. The standard InChI is InChI=1S/C23H26NO7PS/c1-4-30-32(27,31-5-2)12-15-6-8-16(9-7-15)24-23(26)22-18-11-20-19(28-13-29-20)10-17(18)21(25)14(3)33-22/h6-11,14,22H,4-5,12-13H2,1-3H3,(H,24,26)/t14-,22+/m0/s1. The highest BCUT2D eigenvalue weighted by Gasteiger charge is 2.37. The van der Waals surface area contributed by atoms with Gasteiger partial charge in [0.1, 0.15) is 5.25 Å². The Labute approximate surface area is 196 Å². The molecule has 2 aliphatic heterocycles. The number of hydrogen-bond acceptors (Lipinski definition) is 8. The lowest BCUT2D eigenvalue weighted by molar-refractivity contribution is -0.115. The van der Waals surface area contributed by atoms with Gasteiger partial charge in [-0.25, -0.2) is 0 Å². The van der Waals surface area contributed by atoms with E-state index in [9.17, 15) is 14.2 Å². The van der Waals surface area contributed by atoms with Gasteiger partial charge in [-0.3, -0.25) is 14.2 Å². The van der Waals surface area contributed by atoms with Crippen molar-refractivity contribution in [1.29, 1.82) is 0 Å². The molecule has 0 aliphatic carbocycles. The van der Waals surface area contributed by atoms with Crippen molar-refractivity contribution in [3.05, 3.63) is 53.1 Å². The van der Waals surface area contributed by atoms with Crippen molar-refractivity contribution in [2.75, 3.05) is 25.3 Å². The van der Waals surface area contributed by atoms with E-state index in [-0.39, 0.29) is 29.9 Å². The van der Waals surface area contributed by atoms with E-state index in [0.29, 0.717) is 41.5 Å². The number of anilines is 1. The highest BCUT2D eigenvalue weighted by Crippen LogP contribution is 2.51. The third kappa shape index (κ3) is 5.11. The summed E-state index contributed by atoms with van der Waals surface area (Å²) in [6.07, 6.45) is 0.154. The van der Waals surface area contributed by atoms with E-state index < -0.39 is 12.8 Å². The molecule has 0 aromatic heterocycles. The first-order valence-corrected chi connectivity index (χ1v) is 13.4. The van der Waals surface area contributed by atoms with Crippen LogP contribution < -0.4 is 14.8 Å². The fraction of sp³-hybridized carbons (Fsp3) is 0.391. The molecular formula is C23H26NO7PS. The van der Waals surface area contributed by atoms with Gasteiger partial charge < -0.3 is 23.8 Å². The summed E-state index contributed by atoms with van der Waals surface area (Å²) in [5.74, 6) is 0.787. The predicted molar refractivity (Wildman–Crippen MR) is 126 cm³/mol. The number of thioether (sulfide) groups is 1. The van der Waals surface area contributed by atoms with Gasteiger partial charge in [0.25, 0.3) is 0 Å². The Morgan fingerprint density at radius 1 is 1.12 bits per heavy atom. The van der Waals surface area contributed by atoms with Crippen molar-refractivity contribution >= 4 is 36.7 Å². The highest BCUT2D eigenvalue weighted by molar-refractivity contribution is 8.01. The lowest BCUT2D eigenvalue weighted by Gasteiger charge is -2.27. The third-order valence-corrected chi connectivity index (χ3v) is 8.71. The van der Waals surface area contributed by atoms with Crippen LogP contribution in [0.1, 0.15) is 47.5 Å². The van der Waals surface area contributed by atoms with E-state index in [1.54, 1.807) is 57.2 Å². The van der Waals surface area contributed by atoms with Crippen LogP contribution in [0.2, 0.25) is 0 Å². The average molecular weight is 492 g/mol. The summed E-state index contributed by atoms with van der Waals surface area (Å²) in [6, 6.07) is 10.5. The number of Topliss-reactive ketones (excluding diaryl/α,β-unsaturated/α-hetero) is 1. The second-order valence-electron chi connectivity index (χ2n) is 7.61. The van der Waals surface area contributed by atoms with Crippen LogP contribution in [0.3, 0.4) is 0 Å². The molecule has 0 fully saturated rings. The van der Waals surface area contributed by atoms with Crippen LogP contribution in [0.15, 0.2) is 36.4 Å². The van der Waals surface area contributed by atoms with Crippen molar-refractivity contribution in [3.63, 3.8) is 0 Å². The average Bonchev–Trinajstić information content (AvgIpc) is 3.24. The Kier molecular flexibility index (Phi) is 7.14. The molecule has 33 heavy (non-hydrogen) atoms. The number of rotatable bonds is 8. The minimum absolute atomic E-state index is 0.0327. The predicted octanol–water partition coefficient (Wildman–Crippen LogP) is 5.18. The Balaban J connectivity index is 1.50. The highest BCUT2D eigenvalue weighted by atomic mass is 32.2. The zero-order valence-electron chi connectivity index (χ0n) is 18.7. The quantitative estimate of drug-likeness (QED) is 0.505. The molecular weight excluding hydrogens is 465 g/mol. The SMILES string of the molecule is CCOP(=O)(Cc1ccc(NC(=O)[C@@H]2S[C@@H](C)C(=O)c3cc4c(cc32)OCO4)cc1)OCC. The molecule has 1 amide bonds. The van der Waals surface area contributed by atoms with Gasteiger partial charge in [0.15, 0.2) is 17.3 Å². The van der Waals surface area contributed by atoms with Crippen molar-refractivity contribution in [2.24, 2.45) is 0 Å². The molecule has 0 saturated heterocycles. The summed E-state index contributed by atoms with van der Waals surface area (Å²) in [5.41, 5.74) is 2.49. The minimum Gasteiger partial charge on any atom is -0.454 e. The van der Waals surface area contributed by atoms with E-state index in [0.717, 1.165) is 5.56 Å². The van der Waals surface area contributed by atoms with Crippen molar-refractivity contribution < 1.29 is 32.7 Å². The van der Waals surface area contributed by atoms with Gasteiger partial charge in [0.2, 0.25) is 12.7 Å². The number of hydrogen-bond donors (Lipinski definition) is 1.